The number of esters is 1. The van der Waals surface area contributed by atoms with E-state index in [9.17, 15) is 9.59 Å². The third-order valence-corrected chi connectivity index (χ3v) is 4.38. The van der Waals surface area contributed by atoms with Crippen molar-refractivity contribution in [2.45, 2.75) is 45.4 Å². The average Bonchev–Trinajstić information content (AvgIpc) is 3.01. The summed E-state index contributed by atoms with van der Waals surface area (Å²) in [5.41, 5.74) is 0. The molecule has 1 aliphatic heterocycles. The number of urea groups is 1. The Balaban J connectivity index is 1.69. The summed E-state index contributed by atoms with van der Waals surface area (Å²) in [5, 5.41) is 2.84. The highest BCUT2D eigenvalue weighted by Gasteiger charge is 2.27. The molecule has 0 aromatic rings. The Labute approximate surface area is 126 Å². The molecule has 1 saturated heterocycles. The highest BCUT2D eigenvalue weighted by atomic mass is 16.5. The van der Waals surface area contributed by atoms with Gasteiger partial charge in [-0.25, -0.2) is 4.79 Å². The summed E-state index contributed by atoms with van der Waals surface area (Å²) in [7, 11) is 0. The third-order valence-electron chi connectivity index (χ3n) is 4.38. The topological polar surface area (TPSA) is 58.6 Å². The molecule has 2 fully saturated rings. The summed E-state index contributed by atoms with van der Waals surface area (Å²) in [4.78, 5) is 25.4. The molecule has 1 N–H and O–H groups in total. The maximum atomic E-state index is 12.0. The zero-order chi connectivity index (χ0) is 15.1. The van der Waals surface area contributed by atoms with Crippen LogP contribution in [0.1, 0.15) is 45.4 Å². The Kier molecular flexibility index (Phi) is 6.08. The maximum Gasteiger partial charge on any atom is 0.321 e. The normalized spacial score (nSPS) is 20.9. The lowest BCUT2D eigenvalue weighted by Crippen LogP contribution is -2.44. The molecular weight excluding hydrogens is 268 g/mol. The molecule has 1 aliphatic carbocycles. The van der Waals surface area contributed by atoms with Crippen LogP contribution in [-0.4, -0.2) is 36.6 Å². The van der Waals surface area contributed by atoms with Gasteiger partial charge in [-0.1, -0.05) is 18.9 Å². The molecule has 0 bridgehead atoms. The molecule has 0 aromatic heterocycles. The zero-order valence-corrected chi connectivity index (χ0v) is 12.8. The summed E-state index contributed by atoms with van der Waals surface area (Å²) in [6.07, 6.45) is 10.3. The maximum absolute atomic E-state index is 12.0. The smallest absolute Gasteiger partial charge is 0.321 e. The quantitative estimate of drug-likeness (QED) is 0.811. The lowest BCUT2D eigenvalue weighted by Gasteiger charge is -2.30. The first kappa shape index (κ1) is 15.9. The van der Waals surface area contributed by atoms with Crippen LogP contribution in [-0.2, 0) is 9.53 Å². The fourth-order valence-corrected chi connectivity index (χ4v) is 3.08. The Hall–Kier alpha value is -1.52. The van der Waals surface area contributed by atoms with Crippen molar-refractivity contribution in [3.05, 3.63) is 12.3 Å². The van der Waals surface area contributed by atoms with E-state index in [1.807, 2.05) is 6.92 Å². The van der Waals surface area contributed by atoms with E-state index in [0.29, 0.717) is 38.5 Å². The Morgan fingerprint density at radius 3 is 2.48 bits per heavy atom. The van der Waals surface area contributed by atoms with E-state index < -0.39 is 0 Å². The molecule has 5 nitrogen and oxygen atoms in total. The minimum Gasteiger partial charge on any atom is -0.466 e. The van der Waals surface area contributed by atoms with Gasteiger partial charge in [0.25, 0.3) is 0 Å². The molecule has 21 heavy (non-hydrogen) atoms. The van der Waals surface area contributed by atoms with Crippen molar-refractivity contribution in [2.75, 3.05) is 19.7 Å². The van der Waals surface area contributed by atoms with Crippen LogP contribution in [0.3, 0.4) is 0 Å². The number of carbonyl (C=O) groups is 2. The molecule has 1 heterocycles. The van der Waals surface area contributed by atoms with Crippen LogP contribution >= 0.6 is 0 Å². The van der Waals surface area contributed by atoms with Crippen LogP contribution in [0.4, 0.5) is 4.79 Å². The number of likely N-dealkylation sites (tertiary alicyclic amines) is 1. The van der Waals surface area contributed by atoms with Gasteiger partial charge in [-0.3, -0.25) is 4.79 Å². The monoisotopic (exact) mass is 294 g/mol. The molecule has 2 rings (SSSR count). The molecule has 0 aromatic carbocycles. The summed E-state index contributed by atoms with van der Waals surface area (Å²) in [5.74, 6) is 0.446. The fourth-order valence-electron chi connectivity index (χ4n) is 3.08. The number of hydrogen-bond donors (Lipinski definition) is 1. The van der Waals surface area contributed by atoms with E-state index >= 15 is 0 Å². The summed E-state index contributed by atoms with van der Waals surface area (Å²) < 4.78 is 5.03. The second-order valence-electron chi connectivity index (χ2n) is 5.87. The van der Waals surface area contributed by atoms with Gasteiger partial charge in [-0.2, -0.15) is 0 Å². The van der Waals surface area contributed by atoms with Crippen LogP contribution in [0.2, 0.25) is 0 Å². The van der Waals surface area contributed by atoms with Crippen molar-refractivity contribution in [3.63, 3.8) is 0 Å². The minimum absolute atomic E-state index is 0.0527. The molecular formula is C16H26N2O3. The SMILES string of the molecule is CCOC(=O)C1CCN(C(=O)N/C=C/C2CCCC2)CC1. The van der Waals surface area contributed by atoms with E-state index in [1.54, 1.807) is 11.1 Å². The number of allylic oxidation sites excluding steroid dienone is 1. The molecule has 0 radical (unpaired) electrons. The van der Waals surface area contributed by atoms with Crippen molar-refractivity contribution in [1.82, 2.24) is 10.2 Å². The Bertz CT molecular complexity index is 381. The highest BCUT2D eigenvalue weighted by Crippen LogP contribution is 2.25. The summed E-state index contributed by atoms with van der Waals surface area (Å²) >= 11 is 0. The van der Waals surface area contributed by atoms with Gasteiger partial charge >= 0.3 is 12.0 Å². The molecule has 5 heteroatoms. The number of rotatable bonds is 4. The number of hydrogen-bond acceptors (Lipinski definition) is 3. The predicted molar refractivity (Wildman–Crippen MR) is 80.6 cm³/mol. The number of nitrogens with one attached hydrogen (secondary N) is 1. The molecule has 2 aliphatic rings. The van der Waals surface area contributed by atoms with Gasteiger partial charge in [0, 0.05) is 19.3 Å². The first-order valence-electron chi connectivity index (χ1n) is 8.09. The van der Waals surface area contributed by atoms with Gasteiger partial charge in [-0.05, 0) is 38.5 Å². The second-order valence-corrected chi connectivity index (χ2v) is 5.87. The van der Waals surface area contributed by atoms with E-state index in [0.717, 1.165) is 0 Å². The van der Waals surface area contributed by atoms with Crippen molar-refractivity contribution < 1.29 is 14.3 Å². The molecule has 0 atom stereocenters. The van der Waals surface area contributed by atoms with Crippen LogP contribution in [0.25, 0.3) is 0 Å². The van der Waals surface area contributed by atoms with Crippen molar-refractivity contribution in [1.29, 1.82) is 0 Å². The molecule has 0 unspecified atom stereocenters. The van der Waals surface area contributed by atoms with Gasteiger partial charge in [0.05, 0.1) is 12.5 Å². The van der Waals surface area contributed by atoms with Gasteiger partial charge in [-0.15, -0.1) is 0 Å². The van der Waals surface area contributed by atoms with E-state index in [-0.39, 0.29) is 17.9 Å². The summed E-state index contributed by atoms with van der Waals surface area (Å²) in [6.45, 7) is 3.47. The van der Waals surface area contributed by atoms with Crippen molar-refractivity contribution in [3.8, 4) is 0 Å². The Morgan fingerprint density at radius 1 is 1.19 bits per heavy atom. The summed E-state index contributed by atoms with van der Waals surface area (Å²) in [6, 6.07) is -0.0634. The minimum atomic E-state index is -0.126. The first-order chi connectivity index (χ1) is 10.2. The lowest BCUT2D eigenvalue weighted by molar-refractivity contribution is -0.149. The molecule has 0 spiro atoms. The van der Waals surface area contributed by atoms with Crippen LogP contribution < -0.4 is 5.32 Å². The average molecular weight is 294 g/mol. The largest absolute Gasteiger partial charge is 0.466 e. The van der Waals surface area contributed by atoms with Crippen molar-refractivity contribution >= 4 is 12.0 Å². The van der Waals surface area contributed by atoms with Gasteiger partial charge < -0.3 is 15.0 Å². The number of nitrogens with zero attached hydrogens (tertiary/aromatic N) is 1. The van der Waals surface area contributed by atoms with Gasteiger partial charge in [0.15, 0.2) is 0 Å². The number of carbonyl (C=O) groups excluding carboxylic acids is 2. The lowest BCUT2D eigenvalue weighted by atomic mass is 9.97. The number of amides is 2. The number of piperidine rings is 1. The molecule has 118 valence electrons. The van der Waals surface area contributed by atoms with Crippen molar-refractivity contribution in [2.24, 2.45) is 11.8 Å². The van der Waals surface area contributed by atoms with Gasteiger partial charge in [0.1, 0.15) is 0 Å². The predicted octanol–water partition coefficient (Wildman–Crippen LogP) is 2.68. The van der Waals surface area contributed by atoms with Crippen LogP contribution in [0.15, 0.2) is 12.3 Å². The second kappa shape index (κ2) is 8.05. The third kappa shape index (κ3) is 4.76. The highest BCUT2D eigenvalue weighted by molar-refractivity contribution is 5.76. The number of ether oxygens (including phenoxy) is 1. The molecule has 2 amide bonds. The van der Waals surface area contributed by atoms with Crippen LogP contribution in [0.5, 0.6) is 0 Å². The Morgan fingerprint density at radius 2 is 1.86 bits per heavy atom. The molecule has 1 saturated carbocycles. The zero-order valence-electron chi connectivity index (χ0n) is 12.8. The van der Waals surface area contributed by atoms with E-state index in [2.05, 4.69) is 11.4 Å². The fraction of sp³-hybridized carbons (Fsp3) is 0.750. The first-order valence-corrected chi connectivity index (χ1v) is 8.09. The van der Waals surface area contributed by atoms with Gasteiger partial charge in [0.2, 0.25) is 0 Å². The van der Waals surface area contributed by atoms with E-state index in [4.69, 9.17) is 4.74 Å². The van der Waals surface area contributed by atoms with E-state index in [1.165, 1.54) is 25.7 Å². The van der Waals surface area contributed by atoms with Crippen LogP contribution in [0, 0.1) is 11.8 Å². The standard InChI is InChI=1S/C16H26N2O3/c1-2-21-15(19)14-8-11-18(12-9-14)16(20)17-10-7-13-5-3-4-6-13/h7,10,13-14H,2-6,8-9,11-12H2,1H3,(H,17,20)/b10-7+.